The zero-order valence-corrected chi connectivity index (χ0v) is 12.3. The number of hydrogen-bond donors (Lipinski definition) is 3. The van der Waals surface area contributed by atoms with E-state index in [1.807, 2.05) is 6.07 Å². The first kappa shape index (κ1) is 13.6. The molecule has 4 rings (SSSR count). The van der Waals surface area contributed by atoms with Gasteiger partial charge in [-0.2, -0.15) is 0 Å². The van der Waals surface area contributed by atoms with Gasteiger partial charge in [0.15, 0.2) is 0 Å². The van der Waals surface area contributed by atoms with Crippen LogP contribution in [0.5, 0.6) is 0 Å². The Morgan fingerprint density at radius 2 is 2.09 bits per heavy atom. The van der Waals surface area contributed by atoms with Crippen molar-refractivity contribution >= 4 is 22.7 Å². The first-order chi connectivity index (χ1) is 11.2. The number of hydrogen-bond acceptors (Lipinski definition) is 4. The molecule has 1 aliphatic carbocycles. The summed E-state index contributed by atoms with van der Waals surface area (Å²) in [5.74, 6) is -0.170. The minimum atomic E-state index is -0.506. The topological polar surface area (TPSA) is 109 Å². The van der Waals surface area contributed by atoms with Crippen LogP contribution >= 0.6 is 0 Å². The number of nitrogens with zero attached hydrogens (tertiary/aromatic N) is 2. The van der Waals surface area contributed by atoms with Crippen LogP contribution in [0.2, 0.25) is 0 Å². The lowest BCUT2D eigenvalue weighted by Gasteiger charge is -2.13. The van der Waals surface area contributed by atoms with Crippen LogP contribution in [0.4, 0.5) is 0 Å². The number of carbonyl (C=O) groups excluding carboxylic acids is 1. The summed E-state index contributed by atoms with van der Waals surface area (Å²) < 4.78 is 0. The summed E-state index contributed by atoms with van der Waals surface area (Å²) in [7, 11) is 0. The number of aromatic amines is 1. The standard InChI is InChI=1S/C17H15N5O/c18-15(10-3-5-21-17-11(10)4-6-22-17)13-8-20-7-12(9-1-2-9)14(13)16(19)23/h3-9,18H,1-2H2,(H2,19,23)(H,21,22). The molecule has 0 atom stereocenters. The van der Waals surface area contributed by atoms with Gasteiger partial charge in [-0.3, -0.25) is 15.2 Å². The summed E-state index contributed by atoms with van der Waals surface area (Å²) in [6, 6.07) is 3.64. The summed E-state index contributed by atoms with van der Waals surface area (Å²) in [6.45, 7) is 0. The van der Waals surface area contributed by atoms with E-state index in [-0.39, 0.29) is 5.71 Å². The number of nitrogens with one attached hydrogen (secondary N) is 2. The number of fused-ring (bicyclic) bond motifs is 1. The van der Waals surface area contributed by atoms with E-state index in [2.05, 4.69) is 15.0 Å². The average Bonchev–Trinajstić information content (AvgIpc) is 3.29. The van der Waals surface area contributed by atoms with Gasteiger partial charge in [-0.1, -0.05) is 0 Å². The Hall–Kier alpha value is -3.02. The maximum absolute atomic E-state index is 12.0. The number of nitrogens with two attached hydrogens (primary N) is 1. The highest BCUT2D eigenvalue weighted by Gasteiger charge is 2.30. The second-order valence-corrected chi connectivity index (χ2v) is 5.76. The third-order valence-corrected chi connectivity index (χ3v) is 4.24. The highest BCUT2D eigenvalue weighted by Crippen LogP contribution is 2.42. The summed E-state index contributed by atoms with van der Waals surface area (Å²) in [5, 5.41) is 9.43. The Morgan fingerprint density at radius 3 is 2.83 bits per heavy atom. The highest BCUT2D eigenvalue weighted by molar-refractivity contribution is 6.21. The molecule has 0 unspecified atom stereocenters. The Balaban J connectivity index is 1.90. The fourth-order valence-corrected chi connectivity index (χ4v) is 2.97. The zero-order valence-electron chi connectivity index (χ0n) is 12.3. The fraction of sp³-hybridized carbons (Fsp3) is 0.176. The van der Waals surface area contributed by atoms with E-state index in [0.717, 1.165) is 23.8 Å². The Kier molecular flexibility index (Phi) is 2.97. The molecule has 3 aromatic rings. The van der Waals surface area contributed by atoms with Crippen molar-refractivity contribution in [3.05, 3.63) is 59.2 Å². The number of amides is 1. The van der Waals surface area contributed by atoms with Gasteiger partial charge in [-0.25, -0.2) is 4.98 Å². The van der Waals surface area contributed by atoms with Crippen molar-refractivity contribution < 1.29 is 4.79 Å². The van der Waals surface area contributed by atoms with Crippen molar-refractivity contribution in [2.45, 2.75) is 18.8 Å². The lowest BCUT2D eigenvalue weighted by Crippen LogP contribution is -2.20. The third-order valence-electron chi connectivity index (χ3n) is 4.24. The maximum Gasteiger partial charge on any atom is 0.249 e. The molecule has 3 heterocycles. The van der Waals surface area contributed by atoms with Gasteiger partial charge in [0.25, 0.3) is 0 Å². The smallest absolute Gasteiger partial charge is 0.249 e. The van der Waals surface area contributed by atoms with Gasteiger partial charge >= 0.3 is 0 Å². The van der Waals surface area contributed by atoms with Crippen molar-refractivity contribution in [2.75, 3.05) is 0 Å². The molecule has 1 amide bonds. The van der Waals surface area contributed by atoms with Crippen molar-refractivity contribution in [3.63, 3.8) is 0 Å². The molecule has 6 heteroatoms. The van der Waals surface area contributed by atoms with Crippen LogP contribution < -0.4 is 5.73 Å². The van der Waals surface area contributed by atoms with Gasteiger partial charge < -0.3 is 10.7 Å². The van der Waals surface area contributed by atoms with Crippen LogP contribution in [0.1, 0.15) is 45.8 Å². The molecule has 0 bridgehead atoms. The lowest BCUT2D eigenvalue weighted by molar-refractivity contribution is 0.0999. The van der Waals surface area contributed by atoms with Crippen molar-refractivity contribution in [1.29, 1.82) is 5.41 Å². The van der Waals surface area contributed by atoms with Gasteiger partial charge in [0.2, 0.25) is 5.91 Å². The van der Waals surface area contributed by atoms with Crippen LogP contribution in [0.3, 0.4) is 0 Å². The predicted molar refractivity (Wildman–Crippen MR) is 86.8 cm³/mol. The third kappa shape index (κ3) is 2.19. The number of H-pyrrole nitrogens is 1. The van der Waals surface area contributed by atoms with E-state index in [4.69, 9.17) is 11.1 Å². The molecule has 4 N–H and O–H groups in total. The molecule has 1 aliphatic rings. The van der Waals surface area contributed by atoms with Crippen molar-refractivity contribution in [2.24, 2.45) is 5.73 Å². The van der Waals surface area contributed by atoms with Crippen molar-refractivity contribution in [3.8, 4) is 0 Å². The van der Waals surface area contributed by atoms with Crippen LogP contribution in [-0.2, 0) is 0 Å². The molecule has 23 heavy (non-hydrogen) atoms. The largest absolute Gasteiger partial charge is 0.366 e. The molecule has 114 valence electrons. The number of primary amides is 1. The fourth-order valence-electron chi connectivity index (χ4n) is 2.97. The number of carbonyl (C=O) groups is 1. The van der Waals surface area contributed by atoms with Crippen LogP contribution in [0.25, 0.3) is 11.0 Å². The SMILES string of the molecule is N=C(c1cncc(C2CC2)c1C(N)=O)c1ccnc2[nH]ccc12. The van der Waals surface area contributed by atoms with E-state index in [1.165, 1.54) is 0 Å². The predicted octanol–water partition coefficient (Wildman–Crippen LogP) is 2.35. The van der Waals surface area contributed by atoms with Gasteiger partial charge in [-0.15, -0.1) is 0 Å². The van der Waals surface area contributed by atoms with Gasteiger partial charge in [0.1, 0.15) is 5.65 Å². The summed E-state index contributed by atoms with van der Waals surface area (Å²) >= 11 is 0. The molecule has 0 spiro atoms. The molecule has 0 aliphatic heterocycles. The van der Waals surface area contributed by atoms with Gasteiger partial charge in [0.05, 0.1) is 11.3 Å². The minimum absolute atomic E-state index is 0.237. The molecule has 3 aromatic heterocycles. The highest BCUT2D eigenvalue weighted by atomic mass is 16.1. The quantitative estimate of drug-likeness (QED) is 0.644. The van der Waals surface area contributed by atoms with E-state index >= 15 is 0 Å². The summed E-state index contributed by atoms with van der Waals surface area (Å²) in [6.07, 6.45) is 8.75. The minimum Gasteiger partial charge on any atom is -0.366 e. The van der Waals surface area contributed by atoms with E-state index in [9.17, 15) is 4.79 Å². The van der Waals surface area contributed by atoms with Crippen molar-refractivity contribution in [1.82, 2.24) is 15.0 Å². The Morgan fingerprint density at radius 1 is 1.26 bits per heavy atom. The van der Waals surface area contributed by atoms with Crippen LogP contribution in [0.15, 0.2) is 36.9 Å². The molecule has 0 aromatic carbocycles. The number of aromatic nitrogens is 3. The van der Waals surface area contributed by atoms with E-state index in [0.29, 0.717) is 28.3 Å². The molecule has 1 fully saturated rings. The first-order valence-electron chi connectivity index (χ1n) is 7.46. The molecule has 6 nitrogen and oxygen atoms in total. The van der Waals surface area contributed by atoms with Crippen LogP contribution in [-0.4, -0.2) is 26.6 Å². The zero-order chi connectivity index (χ0) is 16.0. The summed E-state index contributed by atoms with van der Waals surface area (Å²) in [4.78, 5) is 23.5. The Labute approximate surface area is 132 Å². The number of rotatable bonds is 4. The average molecular weight is 305 g/mol. The monoisotopic (exact) mass is 305 g/mol. The molecule has 0 radical (unpaired) electrons. The number of pyridine rings is 2. The van der Waals surface area contributed by atoms with Gasteiger partial charge in [-0.05, 0) is 36.5 Å². The second-order valence-electron chi connectivity index (χ2n) is 5.76. The first-order valence-corrected chi connectivity index (χ1v) is 7.46. The normalized spacial score (nSPS) is 14.1. The molecular formula is C17H15N5O. The molecule has 1 saturated carbocycles. The van der Waals surface area contributed by atoms with Gasteiger partial charge in [0, 0.05) is 41.3 Å². The molecule has 0 saturated heterocycles. The Bertz CT molecular complexity index is 939. The summed E-state index contributed by atoms with van der Waals surface area (Å²) in [5.41, 5.74) is 9.02. The lowest BCUT2D eigenvalue weighted by atomic mass is 9.93. The maximum atomic E-state index is 12.0. The van der Waals surface area contributed by atoms with E-state index < -0.39 is 5.91 Å². The van der Waals surface area contributed by atoms with E-state index in [1.54, 1.807) is 30.9 Å². The van der Waals surface area contributed by atoms with Crippen LogP contribution in [0, 0.1) is 5.41 Å². The second kappa shape index (κ2) is 5.01. The molecular weight excluding hydrogens is 290 g/mol.